The molecule has 9 nitrogen and oxygen atoms in total. The van der Waals surface area contributed by atoms with Crippen molar-refractivity contribution < 1.29 is 43.9 Å². The van der Waals surface area contributed by atoms with Crippen molar-refractivity contribution >= 4 is 17.9 Å². The average molecular weight is 332 g/mol. The molecule has 0 aromatic rings. The highest BCUT2D eigenvalue weighted by Crippen LogP contribution is 2.41. The van der Waals surface area contributed by atoms with Gasteiger partial charge in [0.05, 0.1) is 12.8 Å². The molecule has 2 heterocycles. The van der Waals surface area contributed by atoms with Crippen LogP contribution in [-0.4, -0.2) is 50.6 Å². The monoisotopic (exact) mass is 332 g/mol. The van der Waals surface area contributed by atoms with Gasteiger partial charge >= 0.3 is 29.7 Å². The van der Waals surface area contributed by atoms with Crippen LogP contribution in [-0.2, 0) is 28.6 Å². The smallest absolute Gasteiger partial charge is 0.406 e. The number of carbonyl (C=O) groups is 3. The summed E-state index contributed by atoms with van der Waals surface area (Å²) < 4.78 is 14.3. The number of hydrogen-bond acceptors (Lipinski definition) is 9. The fourth-order valence-corrected chi connectivity index (χ4v) is 2.62. The van der Waals surface area contributed by atoms with Crippen molar-refractivity contribution in [3.63, 3.8) is 0 Å². The van der Waals surface area contributed by atoms with E-state index in [4.69, 9.17) is 9.47 Å². The Bertz CT molecular complexity index is 514. The average Bonchev–Trinajstić information content (AvgIpc) is 2.48. The van der Waals surface area contributed by atoms with Gasteiger partial charge in [-0.2, -0.15) is 0 Å². The maximum Gasteiger partial charge on any atom is 0.406 e. The van der Waals surface area contributed by atoms with Crippen molar-refractivity contribution in [2.45, 2.75) is 69.2 Å². The molecule has 2 atom stereocenters. The summed E-state index contributed by atoms with van der Waals surface area (Å²) >= 11 is 0. The lowest BCUT2D eigenvalue weighted by Crippen LogP contribution is -2.63. The molecule has 2 aliphatic rings. The fraction of sp³-hybridized carbons (Fsp3) is 0.786. The van der Waals surface area contributed by atoms with Crippen LogP contribution in [0.1, 0.15) is 51.9 Å². The summed E-state index contributed by atoms with van der Waals surface area (Å²) in [5, 5.41) is 30.3. The van der Waals surface area contributed by atoms with Crippen LogP contribution in [0, 0.1) is 0 Å². The topological polar surface area (TPSA) is 140 Å². The molecule has 2 unspecified atom stereocenters. The number of aliphatic hydroxyl groups is 3. The lowest BCUT2D eigenvalue weighted by atomic mass is 9.95. The van der Waals surface area contributed by atoms with Gasteiger partial charge in [-0.1, -0.05) is 26.2 Å². The summed E-state index contributed by atoms with van der Waals surface area (Å²) in [4.78, 5) is 35.7. The molecule has 2 bridgehead atoms. The lowest BCUT2D eigenvalue weighted by Gasteiger charge is -2.40. The van der Waals surface area contributed by atoms with Crippen LogP contribution < -0.4 is 0 Å². The molecule has 23 heavy (non-hydrogen) atoms. The maximum absolute atomic E-state index is 12.1. The molecule has 2 rings (SSSR count). The van der Waals surface area contributed by atoms with Crippen LogP contribution in [0.4, 0.5) is 0 Å². The summed E-state index contributed by atoms with van der Waals surface area (Å²) in [7, 11) is 0. The first-order valence-corrected chi connectivity index (χ1v) is 7.48. The predicted octanol–water partition coefficient (Wildman–Crippen LogP) is -0.540. The van der Waals surface area contributed by atoms with Crippen LogP contribution >= 0.6 is 0 Å². The van der Waals surface area contributed by atoms with Gasteiger partial charge in [0.2, 0.25) is 0 Å². The zero-order valence-corrected chi connectivity index (χ0v) is 12.7. The highest BCUT2D eigenvalue weighted by atomic mass is 16.9. The van der Waals surface area contributed by atoms with Gasteiger partial charge < -0.3 is 29.5 Å². The third-order valence-electron chi connectivity index (χ3n) is 3.90. The van der Waals surface area contributed by atoms with Crippen molar-refractivity contribution in [2.75, 3.05) is 0 Å². The molecule has 2 aliphatic heterocycles. The molecule has 0 saturated carbocycles. The van der Waals surface area contributed by atoms with E-state index < -0.39 is 48.1 Å². The minimum absolute atomic E-state index is 0.291. The van der Waals surface area contributed by atoms with Crippen molar-refractivity contribution in [3.8, 4) is 0 Å². The summed E-state index contributed by atoms with van der Waals surface area (Å²) in [6.07, 6.45) is 0.593. The standard InChI is InChI=1S/C14H20O9/c1-2-3-4-5-6-13-14(19,20)22-10(16)8-12(18,11(17)23-13)7-9(15)21-13/h18-20H,2-8H2,1H3. The van der Waals surface area contributed by atoms with E-state index in [1.54, 1.807) is 0 Å². The second-order valence-corrected chi connectivity index (χ2v) is 5.89. The molecule has 0 amide bonds. The molecule has 2 saturated heterocycles. The van der Waals surface area contributed by atoms with Crippen molar-refractivity contribution in [3.05, 3.63) is 0 Å². The highest BCUT2D eigenvalue weighted by Gasteiger charge is 2.66. The molecule has 3 N–H and O–H groups in total. The molecule has 2 fully saturated rings. The molecule has 9 heteroatoms. The first kappa shape index (κ1) is 17.6. The van der Waals surface area contributed by atoms with E-state index in [2.05, 4.69) is 4.74 Å². The Morgan fingerprint density at radius 1 is 0.913 bits per heavy atom. The molecule has 0 aliphatic carbocycles. The molecule has 0 spiro atoms. The van der Waals surface area contributed by atoms with E-state index in [9.17, 15) is 29.7 Å². The van der Waals surface area contributed by atoms with Crippen molar-refractivity contribution in [2.24, 2.45) is 0 Å². The minimum Gasteiger partial charge on any atom is -0.413 e. The molecule has 0 radical (unpaired) electrons. The zero-order chi connectivity index (χ0) is 17.3. The Hall–Kier alpha value is -1.71. The normalized spacial score (nSPS) is 33.1. The number of cyclic esters (lactones) is 1. The lowest BCUT2D eigenvalue weighted by molar-refractivity contribution is -0.446. The second kappa shape index (κ2) is 6.06. The SMILES string of the molecule is CCCCCCC12OC(=O)CC(O)(CC(=O)OC1(O)O)C(=O)O2. The highest BCUT2D eigenvalue weighted by molar-refractivity contribution is 5.92. The Morgan fingerprint density at radius 2 is 1.52 bits per heavy atom. The number of ether oxygens (including phenoxy) is 3. The molecule has 130 valence electrons. The third kappa shape index (κ3) is 3.31. The number of fused-ring (bicyclic) bond motifs is 3. The summed E-state index contributed by atoms with van der Waals surface area (Å²) in [5.74, 6) is -9.63. The van der Waals surface area contributed by atoms with Gasteiger partial charge in [0.1, 0.15) is 0 Å². The van der Waals surface area contributed by atoms with E-state index in [0.29, 0.717) is 12.8 Å². The maximum atomic E-state index is 12.1. The summed E-state index contributed by atoms with van der Waals surface area (Å²) in [6, 6.07) is 0. The Labute approximate surface area is 132 Å². The largest absolute Gasteiger partial charge is 0.413 e. The Morgan fingerprint density at radius 3 is 2.13 bits per heavy atom. The third-order valence-corrected chi connectivity index (χ3v) is 3.90. The van der Waals surface area contributed by atoms with Crippen molar-refractivity contribution in [1.82, 2.24) is 0 Å². The van der Waals surface area contributed by atoms with Gasteiger partial charge in [-0.3, -0.25) is 9.59 Å². The van der Waals surface area contributed by atoms with Crippen LogP contribution in [0.3, 0.4) is 0 Å². The quantitative estimate of drug-likeness (QED) is 0.344. The van der Waals surface area contributed by atoms with Gasteiger partial charge in [-0.25, -0.2) is 4.79 Å². The predicted molar refractivity (Wildman–Crippen MR) is 71.1 cm³/mol. The van der Waals surface area contributed by atoms with Gasteiger partial charge in [0.25, 0.3) is 0 Å². The van der Waals surface area contributed by atoms with E-state index in [0.717, 1.165) is 12.8 Å². The first-order chi connectivity index (χ1) is 10.6. The number of carbonyl (C=O) groups excluding carboxylic acids is 3. The number of hydrogen-bond donors (Lipinski definition) is 3. The first-order valence-electron chi connectivity index (χ1n) is 7.48. The van der Waals surface area contributed by atoms with Gasteiger partial charge in [-0.05, 0) is 6.42 Å². The molecule has 0 aromatic heterocycles. The molecular weight excluding hydrogens is 312 g/mol. The van der Waals surface area contributed by atoms with E-state index in [1.807, 2.05) is 6.92 Å². The summed E-state index contributed by atoms with van der Waals surface area (Å²) in [5.41, 5.74) is -2.45. The summed E-state index contributed by atoms with van der Waals surface area (Å²) in [6.45, 7) is 1.96. The number of esters is 3. The number of rotatable bonds is 5. The van der Waals surface area contributed by atoms with Crippen LogP contribution in [0.2, 0.25) is 0 Å². The Kier molecular flexibility index (Phi) is 4.65. The van der Waals surface area contributed by atoms with Gasteiger partial charge in [0, 0.05) is 6.42 Å². The van der Waals surface area contributed by atoms with Crippen LogP contribution in [0.5, 0.6) is 0 Å². The second-order valence-electron chi connectivity index (χ2n) is 5.89. The van der Waals surface area contributed by atoms with E-state index in [-0.39, 0.29) is 6.42 Å². The Balaban J connectivity index is 2.38. The fourth-order valence-electron chi connectivity index (χ4n) is 2.62. The molecular formula is C14H20O9. The molecule has 0 aromatic carbocycles. The van der Waals surface area contributed by atoms with Gasteiger partial charge in [-0.15, -0.1) is 0 Å². The van der Waals surface area contributed by atoms with Crippen LogP contribution in [0.25, 0.3) is 0 Å². The van der Waals surface area contributed by atoms with Gasteiger partial charge in [0.15, 0.2) is 5.60 Å². The minimum atomic E-state index is -3.34. The van der Waals surface area contributed by atoms with E-state index >= 15 is 0 Å². The van der Waals surface area contributed by atoms with E-state index in [1.165, 1.54) is 0 Å². The number of unbranched alkanes of at least 4 members (excludes halogenated alkanes) is 3. The van der Waals surface area contributed by atoms with Crippen LogP contribution in [0.15, 0.2) is 0 Å². The zero-order valence-electron chi connectivity index (χ0n) is 12.7. The van der Waals surface area contributed by atoms with Crippen molar-refractivity contribution in [1.29, 1.82) is 0 Å².